The molecule has 1 fully saturated rings. The molecule has 0 radical (unpaired) electrons. The van der Waals surface area contributed by atoms with Crippen molar-refractivity contribution in [3.05, 3.63) is 51.8 Å². The Hall–Kier alpha value is -3.29. The van der Waals surface area contributed by atoms with Crippen LogP contribution in [0.1, 0.15) is 28.8 Å². The van der Waals surface area contributed by atoms with Crippen molar-refractivity contribution in [2.45, 2.75) is 23.9 Å². The number of thioether (sulfide) groups is 1. The lowest BCUT2D eigenvalue weighted by molar-refractivity contribution is 0.0951. The summed E-state index contributed by atoms with van der Waals surface area (Å²) in [6.07, 6.45) is 1.98. The standard InChI is InChI=1S/C18H19N7O2S/c19-8-14-13(7-16(26)23-18(14)28-9-15(24-20)25-21)10-2-1-3-11(6-10)17(27)22-12-4-5-12/h1-3,6-7,12H,4-5,9,20-21H2,(H,22,27)(H,23,26)(H,24,25). The van der Waals surface area contributed by atoms with Crippen molar-refractivity contribution in [3.8, 4) is 17.2 Å². The zero-order valence-electron chi connectivity index (χ0n) is 14.9. The molecule has 1 aliphatic rings. The van der Waals surface area contributed by atoms with Gasteiger partial charge in [-0.05, 0) is 30.5 Å². The molecule has 0 aliphatic heterocycles. The Morgan fingerprint density at radius 2 is 2.18 bits per heavy atom. The third kappa shape index (κ3) is 4.51. The van der Waals surface area contributed by atoms with Gasteiger partial charge in [-0.15, -0.1) is 0 Å². The van der Waals surface area contributed by atoms with Crippen LogP contribution in [0.2, 0.25) is 0 Å². The van der Waals surface area contributed by atoms with Gasteiger partial charge in [-0.2, -0.15) is 10.4 Å². The number of H-pyrrole nitrogens is 1. The second-order valence-electron chi connectivity index (χ2n) is 6.20. The zero-order chi connectivity index (χ0) is 20.1. The number of hydrogen-bond acceptors (Lipinski definition) is 7. The minimum Gasteiger partial charge on any atom is -0.349 e. The number of hydrazine groups is 1. The molecular weight excluding hydrogens is 378 g/mol. The van der Waals surface area contributed by atoms with E-state index in [-0.39, 0.29) is 28.8 Å². The quantitative estimate of drug-likeness (QED) is 0.157. The fourth-order valence-corrected chi connectivity index (χ4v) is 3.48. The highest BCUT2D eigenvalue weighted by Gasteiger charge is 2.24. The van der Waals surface area contributed by atoms with Gasteiger partial charge in [0.25, 0.3) is 5.91 Å². The summed E-state index contributed by atoms with van der Waals surface area (Å²) in [7, 11) is 0. The Balaban J connectivity index is 1.96. The van der Waals surface area contributed by atoms with E-state index in [2.05, 4.69) is 26.9 Å². The molecule has 1 saturated carbocycles. The van der Waals surface area contributed by atoms with E-state index in [1.54, 1.807) is 24.3 Å². The normalized spacial score (nSPS) is 13.6. The Morgan fingerprint density at radius 3 is 2.82 bits per heavy atom. The van der Waals surface area contributed by atoms with Crippen LogP contribution >= 0.6 is 11.8 Å². The van der Waals surface area contributed by atoms with Crippen LogP contribution < -0.4 is 28.0 Å². The van der Waals surface area contributed by atoms with Crippen LogP contribution in [-0.4, -0.2) is 28.5 Å². The first-order chi connectivity index (χ1) is 13.5. The number of nitrogens with one attached hydrogen (secondary N) is 3. The van der Waals surface area contributed by atoms with Gasteiger partial charge >= 0.3 is 0 Å². The van der Waals surface area contributed by atoms with Crippen molar-refractivity contribution in [1.82, 2.24) is 15.7 Å². The number of hydrazone groups is 1. The highest BCUT2D eigenvalue weighted by molar-refractivity contribution is 8.00. The molecule has 0 unspecified atom stereocenters. The molecular formula is C18H19N7O2S. The number of nitrogens with zero attached hydrogens (tertiary/aromatic N) is 2. The second kappa shape index (κ2) is 8.60. The summed E-state index contributed by atoms with van der Waals surface area (Å²) in [5.41, 5.74) is 3.81. The molecule has 1 aliphatic carbocycles. The smallest absolute Gasteiger partial charge is 0.251 e. The lowest BCUT2D eigenvalue weighted by Crippen LogP contribution is -2.33. The number of rotatable bonds is 6. The average Bonchev–Trinajstić information content (AvgIpc) is 3.52. The van der Waals surface area contributed by atoms with Crippen LogP contribution in [0.4, 0.5) is 0 Å². The maximum atomic E-state index is 12.3. The average molecular weight is 397 g/mol. The van der Waals surface area contributed by atoms with Crippen molar-refractivity contribution in [1.29, 1.82) is 5.26 Å². The van der Waals surface area contributed by atoms with Gasteiger partial charge in [0.05, 0.1) is 16.3 Å². The van der Waals surface area contributed by atoms with Gasteiger partial charge in [0.1, 0.15) is 11.9 Å². The first-order valence-electron chi connectivity index (χ1n) is 8.50. The van der Waals surface area contributed by atoms with Crippen LogP contribution in [0.25, 0.3) is 11.1 Å². The minimum atomic E-state index is -0.365. The molecule has 7 N–H and O–H groups in total. The number of amides is 1. The molecule has 1 amide bonds. The fourth-order valence-electron chi connectivity index (χ4n) is 2.56. The number of nitriles is 1. The Kier molecular flexibility index (Phi) is 5.98. The molecule has 0 saturated heterocycles. The molecule has 0 spiro atoms. The lowest BCUT2D eigenvalue weighted by atomic mass is 10.00. The van der Waals surface area contributed by atoms with Crippen molar-refractivity contribution in [2.24, 2.45) is 16.8 Å². The maximum absolute atomic E-state index is 12.3. The molecule has 10 heteroatoms. The van der Waals surface area contributed by atoms with E-state index in [0.717, 1.165) is 12.8 Å². The number of hydrogen-bond donors (Lipinski definition) is 5. The SMILES string of the molecule is N#Cc1c(-c2cccc(C(=O)NC3CC3)c2)cc(=O)[nH]c1SC/C(=N/N)NN. The number of benzene rings is 1. The minimum absolute atomic E-state index is 0.167. The van der Waals surface area contributed by atoms with E-state index in [4.69, 9.17) is 11.7 Å². The van der Waals surface area contributed by atoms with Gasteiger partial charge in [-0.3, -0.25) is 9.59 Å². The molecule has 3 rings (SSSR count). The topological polar surface area (TPSA) is 162 Å². The summed E-state index contributed by atoms with van der Waals surface area (Å²) in [4.78, 5) is 27.1. The summed E-state index contributed by atoms with van der Waals surface area (Å²) in [6.45, 7) is 0. The van der Waals surface area contributed by atoms with E-state index in [9.17, 15) is 14.9 Å². The van der Waals surface area contributed by atoms with Gasteiger partial charge < -0.3 is 21.6 Å². The summed E-state index contributed by atoms with van der Waals surface area (Å²) in [6, 6.07) is 10.6. The third-order valence-corrected chi connectivity index (χ3v) is 5.16. The summed E-state index contributed by atoms with van der Waals surface area (Å²) in [5.74, 6) is 10.9. The molecule has 2 aromatic rings. The van der Waals surface area contributed by atoms with E-state index in [1.165, 1.54) is 17.8 Å². The highest BCUT2D eigenvalue weighted by Crippen LogP contribution is 2.29. The molecule has 1 aromatic carbocycles. The van der Waals surface area contributed by atoms with Gasteiger partial charge in [-0.1, -0.05) is 23.9 Å². The van der Waals surface area contributed by atoms with E-state index >= 15 is 0 Å². The van der Waals surface area contributed by atoms with Crippen LogP contribution in [-0.2, 0) is 0 Å². The summed E-state index contributed by atoms with van der Waals surface area (Å²) >= 11 is 1.17. The largest absolute Gasteiger partial charge is 0.349 e. The Bertz CT molecular complexity index is 1020. The van der Waals surface area contributed by atoms with Crippen molar-refractivity contribution in [2.75, 3.05) is 5.75 Å². The number of pyridine rings is 1. The second-order valence-corrected chi connectivity index (χ2v) is 7.19. The van der Waals surface area contributed by atoms with Crippen LogP contribution in [0, 0.1) is 11.3 Å². The van der Waals surface area contributed by atoms with E-state index < -0.39 is 0 Å². The fraction of sp³-hybridized carbons (Fsp3) is 0.222. The van der Waals surface area contributed by atoms with Gasteiger partial charge in [0.2, 0.25) is 5.56 Å². The monoisotopic (exact) mass is 397 g/mol. The maximum Gasteiger partial charge on any atom is 0.251 e. The van der Waals surface area contributed by atoms with Crippen molar-refractivity contribution < 1.29 is 4.79 Å². The molecule has 1 aromatic heterocycles. The Morgan fingerprint density at radius 1 is 1.39 bits per heavy atom. The van der Waals surface area contributed by atoms with E-state index in [0.29, 0.717) is 27.6 Å². The predicted molar refractivity (Wildman–Crippen MR) is 107 cm³/mol. The third-order valence-electron chi connectivity index (χ3n) is 4.14. The number of aromatic nitrogens is 1. The first-order valence-corrected chi connectivity index (χ1v) is 9.49. The van der Waals surface area contributed by atoms with Crippen LogP contribution in [0.5, 0.6) is 0 Å². The van der Waals surface area contributed by atoms with Gasteiger partial charge in [0, 0.05) is 23.2 Å². The summed E-state index contributed by atoms with van der Waals surface area (Å²) in [5, 5.41) is 16.5. The van der Waals surface area contributed by atoms with Gasteiger partial charge in [0.15, 0.2) is 0 Å². The number of amidine groups is 1. The Labute approximate surface area is 165 Å². The zero-order valence-corrected chi connectivity index (χ0v) is 15.7. The van der Waals surface area contributed by atoms with Crippen LogP contribution in [0.15, 0.2) is 45.3 Å². The molecule has 28 heavy (non-hydrogen) atoms. The molecule has 1 heterocycles. The number of carbonyl (C=O) groups excluding carboxylic acids is 1. The van der Waals surface area contributed by atoms with Crippen molar-refractivity contribution in [3.63, 3.8) is 0 Å². The first kappa shape index (κ1) is 19.5. The molecule has 144 valence electrons. The molecule has 9 nitrogen and oxygen atoms in total. The van der Waals surface area contributed by atoms with Crippen LogP contribution in [0.3, 0.4) is 0 Å². The van der Waals surface area contributed by atoms with Gasteiger partial charge in [-0.25, -0.2) is 5.84 Å². The molecule has 0 bridgehead atoms. The number of carbonyl (C=O) groups is 1. The highest BCUT2D eigenvalue weighted by atomic mass is 32.2. The number of aromatic amines is 1. The lowest BCUT2D eigenvalue weighted by Gasteiger charge is -2.11. The van der Waals surface area contributed by atoms with Crippen molar-refractivity contribution >= 4 is 23.5 Å². The van der Waals surface area contributed by atoms with E-state index in [1.807, 2.05) is 0 Å². The number of nitrogens with two attached hydrogens (primary N) is 2. The molecule has 0 atom stereocenters. The predicted octanol–water partition coefficient (Wildman–Crippen LogP) is 0.633. The summed E-state index contributed by atoms with van der Waals surface area (Å²) < 4.78 is 0.